The zero-order valence-corrected chi connectivity index (χ0v) is 12.2. The molecule has 1 N–H and O–H groups in total. The zero-order valence-electron chi connectivity index (χ0n) is 12.2. The molecule has 1 aromatic heterocycles. The Bertz CT molecular complexity index is 602. The largest absolute Gasteiger partial charge is 0.497 e. The molecule has 112 valence electrons. The molecule has 1 heterocycles. The van der Waals surface area contributed by atoms with E-state index in [0.717, 1.165) is 5.56 Å². The molecule has 1 amide bonds. The second-order valence-corrected chi connectivity index (χ2v) is 4.42. The van der Waals surface area contributed by atoms with Crippen LogP contribution in [0.1, 0.15) is 17.8 Å². The summed E-state index contributed by atoms with van der Waals surface area (Å²) < 4.78 is 15.2. The number of rotatable bonds is 6. The molecule has 0 saturated carbocycles. The minimum absolute atomic E-state index is 0.112. The Morgan fingerprint density at radius 1 is 1.24 bits per heavy atom. The fraction of sp³-hybridized carbons (Fsp3) is 0.357. The van der Waals surface area contributed by atoms with E-state index in [0.29, 0.717) is 23.7 Å². The van der Waals surface area contributed by atoms with Crippen molar-refractivity contribution in [3.05, 3.63) is 29.6 Å². The van der Waals surface area contributed by atoms with E-state index in [2.05, 4.69) is 15.5 Å². The first-order chi connectivity index (χ1) is 10.1. The zero-order chi connectivity index (χ0) is 15.2. The maximum Gasteiger partial charge on any atom is 0.328 e. The van der Waals surface area contributed by atoms with Crippen LogP contribution < -0.4 is 14.8 Å². The molecule has 0 unspecified atom stereocenters. The second-order valence-electron chi connectivity index (χ2n) is 4.42. The highest BCUT2D eigenvalue weighted by Crippen LogP contribution is 2.23. The summed E-state index contributed by atoms with van der Waals surface area (Å²) in [5.41, 5.74) is 0.947. The van der Waals surface area contributed by atoms with Crippen molar-refractivity contribution < 1.29 is 18.8 Å². The maximum absolute atomic E-state index is 11.8. The summed E-state index contributed by atoms with van der Waals surface area (Å²) in [6, 6.07) is 5.63. The highest BCUT2D eigenvalue weighted by molar-refractivity contribution is 5.88. The molecule has 0 fully saturated rings. The molecule has 7 heteroatoms. The number of ether oxygens (including phenoxy) is 2. The average molecular weight is 291 g/mol. The quantitative estimate of drug-likeness (QED) is 0.875. The number of aryl methyl sites for hydroxylation is 2. The predicted octanol–water partition coefficient (Wildman–Crippen LogP) is 1.97. The van der Waals surface area contributed by atoms with E-state index in [1.54, 1.807) is 27.2 Å². The average Bonchev–Trinajstić information content (AvgIpc) is 2.89. The lowest BCUT2D eigenvalue weighted by Gasteiger charge is -2.08. The number of amides is 1. The van der Waals surface area contributed by atoms with Gasteiger partial charge in [0.1, 0.15) is 11.5 Å². The number of carbonyl (C=O) groups is 1. The molecule has 1 aromatic carbocycles. The van der Waals surface area contributed by atoms with E-state index in [4.69, 9.17) is 14.0 Å². The first-order valence-electron chi connectivity index (χ1n) is 6.43. The maximum atomic E-state index is 11.8. The van der Waals surface area contributed by atoms with E-state index < -0.39 is 0 Å². The SMILES string of the molecule is COc1cc(CCC(=O)Nc2nc(C)no2)cc(OC)c1. The lowest BCUT2D eigenvalue weighted by Crippen LogP contribution is -2.12. The predicted molar refractivity (Wildman–Crippen MR) is 75.5 cm³/mol. The highest BCUT2D eigenvalue weighted by Gasteiger charge is 2.09. The fourth-order valence-electron chi connectivity index (χ4n) is 1.80. The molecule has 0 saturated heterocycles. The molecule has 0 aliphatic carbocycles. The third-order valence-electron chi connectivity index (χ3n) is 2.83. The first kappa shape index (κ1) is 14.8. The molecule has 2 rings (SSSR count). The molecule has 0 bridgehead atoms. The van der Waals surface area contributed by atoms with Crippen molar-refractivity contribution >= 4 is 11.9 Å². The molecule has 0 radical (unpaired) electrons. The lowest BCUT2D eigenvalue weighted by molar-refractivity contribution is -0.116. The van der Waals surface area contributed by atoms with E-state index in [-0.39, 0.29) is 18.3 Å². The Balaban J connectivity index is 1.94. The van der Waals surface area contributed by atoms with Gasteiger partial charge in [-0.3, -0.25) is 10.1 Å². The Kier molecular flexibility index (Phi) is 4.76. The van der Waals surface area contributed by atoms with Gasteiger partial charge in [0.2, 0.25) is 5.91 Å². The molecule has 0 aliphatic rings. The second kappa shape index (κ2) is 6.74. The summed E-state index contributed by atoms with van der Waals surface area (Å²) in [6.07, 6.45) is 0.838. The fourth-order valence-corrected chi connectivity index (χ4v) is 1.80. The minimum atomic E-state index is -0.194. The summed E-state index contributed by atoms with van der Waals surface area (Å²) in [5, 5.41) is 6.15. The van der Waals surface area contributed by atoms with Crippen molar-refractivity contribution in [1.82, 2.24) is 10.1 Å². The topological polar surface area (TPSA) is 86.5 Å². The van der Waals surface area contributed by atoms with E-state index >= 15 is 0 Å². The van der Waals surface area contributed by atoms with Gasteiger partial charge in [-0.25, -0.2) is 0 Å². The molecule has 2 aromatic rings. The third-order valence-corrected chi connectivity index (χ3v) is 2.83. The molecule has 0 atom stereocenters. The Morgan fingerprint density at radius 2 is 1.90 bits per heavy atom. The molecule has 0 spiro atoms. The normalized spacial score (nSPS) is 10.2. The van der Waals surface area contributed by atoms with Crippen LogP contribution in [-0.2, 0) is 11.2 Å². The Labute approximate surface area is 122 Å². The summed E-state index contributed by atoms with van der Waals surface area (Å²) in [7, 11) is 3.17. The van der Waals surface area contributed by atoms with Crippen LogP contribution in [0.15, 0.2) is 22.7 Å². The molecular formula is C14H17N3O4. The number of benzene rings is 1. The van der Waals surface area contributed by atoms with Crippen molar-refractivity contribution in [3.8, 4) is 11.5 Å². The number of anilines is 1. The molecule has 0 aliphatic heterocycles. The number of methoxy groups -OCH3 is 2. The summed E-state index contributed by atoms with van der Waals surface area (Å²) in [5.74, 6) is 1.66. The first-order valence-corrected chi connectivity index (χ1v) is 6.43. The van der Waals surface area contributed by atoms with Gasteiger partial charge in [0.25, 0.3) is 0 Å². The van der Waals surface area contributed by atoms with E-state index in [9.17, 15) is 4.79 Å². The van der Waals surface area contributed by atoms with Crippen LogP contribution in [0.4, 0.5) is 6.01 Å². The van der Waals surface area contributed by atoms with Crippen LogP contribution >= 0.6 is 0 Å². The standard InChI is InChI=1S/C14H17N3O4/c1-9-15-14(21-17-9)16-13(18)5-4-10-6-11(19-2)8-12(7-10)20-3/h6-8H,4-5H2,1-3H3,(H,15,16,17,18). The van der Waals surface area contributed by atoms with Crippen molar-refractivity contribution in [2.75, 3.05) is 19.5 Å². The van der Waals surface area contributed by atoms with Gasteiger partial charge in [-0.05, 0) is 31.0 Å². The van der Waals surface area contributed by atoms with Gasteiger partial charge in [-0.15, -0.1) is 0 Å². The number of hydrogen-bond donors (Lipinski definition) is 1. The summed E-state index contributed by atoms with van der Waals surface area (Å²) in [4.78, 5) is 15.7. The van der Waals surface area contributed by atoms with Crippen molar-refractivity contribution in [1.29, 1.82) is 0 Å². The van der Waals surface area contributed by atoms with Gasteiger partial charge in [-0.2, -0.15) is 4.98 Å². The molecule has 21 heavy (non-hydrogen) atoms. The van der Waals surface area contributed by atoms with Crippen LogP contribution in [0, 0.1) is 6.92 Å². The van der Waals surface area contributed by atoms with Gasteiger partial charge in [0.05, 0.1) is 14.2 Å². The van der Waals surface area contributed by atoms with Crippen LogP contribution in [0.2, 0.25) is 0 Å². The Hall–Kier alpha value is -2.57. The van der Waals surface area contributed by atoms with Gasteiger partial charge in [-0.1, -0.05) is 5.16 Å². The monoisotopic (exact) mass is 291 g/mol. The van der Waals surface area contributed by atoms with E-state index in [1.807, 2.05) is 12.1 Å². The number of nitrogens with zero attached hydrogens (tertiary/aromatic N) is 2. The van der Waals surface area contributed by atoms with Gasteiger partial charge >= 0.3 is 6.01 Å². The third kappa shape index (κ3) is 4.20. The van der Waals surface area contributed by atoms with E-state index in [1.165, 1.54) is 0 Å². The van der Waals surface area contributed by atoms with Crippen LogP contribution in [0.5, 0.6) is 11.5 Å². The smallest absolute Gasteiger partial charge is 0.328 e. The van der Waals surface area contributed by atoms with Crippen molar-refractivity contribution in [2.24, 2.45) is 0 Å². The number of hydrogen-bond acceptors (Lipinski definition) is 6. The van der Waals surface area contributed by atoms with Crippen molar-refractivity contribution in [3.63, 3.8) is 0 Å². The number of aromatic nitrogens is 2. The lowest BCUT2D eigenvalue weighted by atomic mass is 10.1. The highest BCUT2D eigenvalue weighted by atomic mass is 16.5. The number of carbonyl (C=O) groups excluding carboxylic acids is 1. The molecular weight excluding hydrogens is 274 g/mol. The minimum Gasteiger partial charge on any atom is -0.497 e. The van der Waals surface area contributed by atoms with Gasteiger partial charge < -0.3 is 14.0 Å². The van der Waals surface area contributed by atoms with Gasteiger partial charge in [0, 0.05) is 12.5 Å². The van der Waals surface area contributed by atoms with Crippen molar-refractivity contribution in [2.45, 2.75) is 19.8 Å². The summed E-state index contributed by atoms with van der Waals surface area (Å²) >= 11 is 0. The van der Waals surface area contributed by atoms with Crippen LogP contribution in [0.25, 0.3) is 0 Å². The van der Waals surface area contributed by atoms with Crippen LogP contribution in [-0.4, -0.2) is 30.3 Å². The molecule has 7 nitrogen and oxygen atoms in total. The van der Waals surface area contributed by atoms with Gasteiger partial charge in [0.15, 0.2) is 5.82 Å². The van der Waals surface area contributed by atoms with Crippen LogP contribution in [0.3, 0.4) is 0 Å². The number of nitrogens with one attached hydrogen (secondary N) is 1. The summed E-state index contributed by atoms with van der Waals surface area (Å²) in [6.45, 7) is 1.68. The Morgan fingerprint density at radius 3 is 2.43 bits per heavy atom.